The summed E-state index contributed by atoms with van der Waals surface area (Å²) in [6, 6.07) is 12.1. The molecule has 0 aliphatic heterocycles. The molecule has 0 saturated carbocycles. The summed E-state index contributed by atoms with van der Waals surface area (Å²) >= 11 is 0. The lowest BCUT2D eigenvalue weighted by molar-refractivity contribution is -0.137. The third-order valence-electron chi connectivity index (χ3n) is 3.99. The molecule has 0 bridgehead atoms. The molecular weight excluding hydrogens is 331 g/mol. The molecule has 3 aromatic rings. The molecular formula is C19H14F3NO2. The zero-order valence-electron chi connectivity index (χ0n) is 13.0. The fourth-order valence-electron chi connectivity index (χ4n) is 2.87. The van der Waals surface area contributed by atoms with Crippen LogP contribution in [0.2, 0.25) is 0 Å². The Morgan fingerprint density at radius 3 is 2.48 bits per heavy atom. The second-order valence-corrected chi connectivity index (χ2v) is 5.61. The highest BCUT2D eigenvalue weighted by Crippen LogP contribution is 2.39. The molecule has 25 heavy (non-hydrogen) atoms. The van der Waals surface area contributed by atoms with Gasteiger partial charge in [0, 0.05) is 23.6 Å². The molecule has 3 nitrogen and oxygen atoms in total. The molecule has 0 fully saturated rings. The molecule has 6 heteroatoms. The van der Waals surface area contributed by atoms with Crippen LogP contribution in [0.4, 0.5) is 13.2 Å². The predicted octanol–water partition coefficient (Wildman–Crippen LogP) is 4.94. The Morgan fingerprint density at radius 1 is 1.00 bits per heavy atom. The van der Waals surface area contributed by atoms with Gasteiger partial charge in [-0.15, -0.1) is 0 Å². The van der Waals surface area contributed by atoms with E-state index < -0.39 is 17.7 Å². The first-order chi connectivity index (χ1) is 11.9. The number of carboxylic acids is 1. The molecule has 3 rings (SSSR count). The molecule has 1 aromatic heterocycles. The minimum atomic E-state index is -4.47. The number of fused-ring (bicyclic) bond motifs is 1. The van der Waals surface area contributed by atoms with Crippen molar-refractivity contribution in [3.63, 3.8) is 0 Å². The largest absolute Gasteiger partial charge is 0.481 e. The number of alkyl halides is 3. The Hall–Kier alpha value is -2.89. The van der Waals surface area contributed by atoms with E-state index >= 15 is 0 Å². The Balaban J connectivity index is 2.20. The SMILES string of the molecule is O=C(O)CCc1ccc(-c2ccccc2C(F)(F)F)c2ncccc12. The van der Waals surface area contributed by atoms with Crippen LogP contribution < -0.4 is 0 Å². The van der Waals surface area contributed by atoms with Crippen molar-refractivity contribution in [2.45, 2.75) is 19.0 Å². The summed E-state index contributed by atoms with van der Waals surface area (Å²) in [5, 5.41) is 9.53. The van der Waals surface area contributed by atoms with Crippen LogP contribution in [0.15, 0.2) is 54.7 Å². The molecule has 0 spiro atoms. The van der Waals surface area contributed by atoms with Crippen molar-refractivity contribution < 1.29 is 23.1 Å². The minimum Gasteiger partial charge on any atom is -0.481 e. The lowest BCUT2D eigenvalue weighted by atomic mass is 9.93. The summed E-state index contributed by atoms with van der Waals surface area (Å²) in [6.45, 7) is 0. The highest BCUT2D eigenvalue weighted by Gasteiger charge is 2.33. The Labute approximate surface area is 141 Å². The molecule has 0 amide bonds. The van der Waals surface area contributed by atoms with Crippen LogP contribution in [0.25, 0.3) is 22.0 Å². The van der Waals surface area contributed by atoms with E-state index in [1.165, 1.54) is 18.3 Å². The number of carboxylic acid groups (broad SMARTS) is 1. The van der Waals surface area contributed by atoms with Crippen LogP contribution in [0.1, 0.15) is 17.5 Å². The van der Waals surface area contributed by atoms with Crippen molar-refractivity contribution in [3.8, 4) is 11.1 Å². The van der Waals surface area contributed by atoms with Gasteiger partial charge in [0.1, 0.15) is 0 Å². The molecule has 0 aliphatic rings. The van der Waals surface area contributed by atoms with Crippen molar-refractivity contribution in [3.05, 3.63) is 65.9 Å². The van der Waals surface area contributed by atoms with Gasteiger partial charge in [-0.1, -0.05) is 36.4 Å². The van der Waals surface area contributed by atoms with Crippen molar-refractivity contribution in [1.82, 2.24) is 4.98 Å². The van der Waals surface area contributed by atoms with Gasteiger partial charge in [0.05, 0.1) is 11.1 Å². The maximum absolute atomic E-state index is 13.3. The first kappa shape index (κ1) is 17.0. The third kappa shape index (κ3) is 3.47. The fraction of sp³-hybridized carbons (Fsp3) is 0.158. The summed E-state index contributed by atoms with van der Waals surface area (Å²) in [7, 11) is 0. The lowest BCUT2D eigenvalue weighted by Gasteiger charge is -2.15. The standard InChI is InChI=1S/C19H14F3NO2/c20-19(21,22)16-6-2-1-4-14(16)15-9-7-12(8-10-17(24)25)13-5-3-11-23-18(13)15/h1-7,9,11H,8,10H2,(H,24,25). The summed E-state index contributed by atoms with van der Waals surface area (Å²) in [5.41, 5.74) is 0.896. The van der Waals surface area contributed by atoms with E-state index in [1.54, 1.807) is 30.3 Å². The summed E-state index contributed by atoms with van der Waals surface area (Å²) in [4.78, 5) is 15.1. The van der Waals surface area contributed by atoms with E-state index in [0.717, 1.165) is 11.6 Å². The predicted molar refractivity (Wildman–Crippen MR) is 88.1 cm³/mol. The monoisotopic (exact) mass is 345 g/mol. The van der Waals surface area contributed by atoms with Gasteiger partial charge in [-0.25, -0.2) is 0 Å². The van der Waals surface area contributed by atoms with E-state index in [9.17, 15) is 18.0 Å². The van der Waals surface area contributed by atoms with Crippen molar-refractivity contribution >= 4 is 16.9 Å². The Kier molecular flexibility index (Phi) is 4.44. The van der Waals surface area contributed by atoms with E-state index in [-0.39, 0.29) is 12.0 Å². The number of aliphatic carboxylic acids is 1. The van der Waals surface area contributed by atoms with Crippen LogP contribution in [-0.2, 0) is 17.4 Å². The normalized spacial score (nSPS) is 11.6. The molecule has 0 saturated heterocycles. The smallest absolute Gasteiger partial charge is 0.417 e. The van der Waals surface area contributed by atoms with Gasteiger partial charge in [0.15, 0.2) is 0 Å². The van der Waals surface area contributed by atoms with Gasteiger partial charge in [-0.2, -0.15) is 13.2 Å². The highest BCUT2D eigenvalue weighted by molar-refractivity contribution is 5.96. The van der Waals surface area contributed by atoms with Gasteiger partial charge in [-0.05, 0) is 29.7 Å². The number of carbonyl (C=O) groups is 1. The maximum atomic E-state index is 13.3. The number of hydrogen-bond acceptors (Lipinski definition) is 2. The van der Waals surface area contributed by atoms with Crippen LogP contribution in [0.5, 0.6) is 0 Å². The summed E-state index contributed by atoms with van der Waals surface area (Å²) in [6.07, 6.45) is -2.72. The summed E-state index contributed by atoms with van der Waals surface area (Å²) in [5.74, 6) is -0.927. The third-order valence-corrected chi connectivity index (χ3v) is 3.99. The molecule has 0 radical (unpaired) electrons. The second-order valence-electron chi connectivity index (χ2n) is 5.61. The number of aryl methyl sites for hydroxylation is 1. The lowest BCUT2D eigenvalue weighted by Crippen LogP contribution is -2.07. The fourth-order valence-corrected chi connectivity index (χ4v) is 2.87. The van der Waals surface area contributed by atoms with E-state index in [4.69, 9.17) is 5.11 Å². The van der Waals surface area contributed by atoms with E-state index in [0.29, 0.717) is 22.9 Å². The molecule has 0 unspecified atom stereocenters. The second kappa shape index (κ2) is 6.55. The number of aromatic nitrogens is 1. The van der Waals surface area contributed by atoms with Crippen LogP contribution in [0.3, 0.4) is 0 Å². The Bertz CT molecular complexity index is 935. The molecule has 1 N–H and O–H groups in total. The molecule has 0 aliphatic carbocycles. The topological polar surface area (TPSA) is 50.2 Å². The van der Waals surface area contributed by atoms with Crippen LogP contribution in [-0.4, -0.2) is 16.1 Å². The zero-order valence-corrected chi connectivity index (χ0v) is 13.0. The summed E-state index contributed by atoms with van der Waals surface area (Å²) < 4.78 is 40.0. The van der Waals surface area contributed by atoms with Gasteiger partial charge in [0.2, 0.25) is 0 Å². The first-order valence-electron chi connectivity index (χ1n) is 7.63. The van der Waals surface area contributed by atoms with E-state index in [2.05, 4.69) is 4.98 Å². The number of rotatable bonds is 4. The van der Waals surface area contributed by atoms with Crippen LogP contribution >= 0.6 is 0 Å². The number of hydrogen-bond donors (Lipinski definition) is 1. The Morgan fingerprint density at radius 2 is 1.76 bits per heavy atom. The van der Waals surface area contributed by atoms with Gasteiger partial charge < -0.3 is 5.11 Å². The molecule has 0 atom stereocenters. The van der Waals surface area contributed by atoms with Crippen molar-refractivity contribution in [2.24, 2.45) is 0 Å². The van der Waals surface area contributed by atoms with Crippen LogP contribution in [0, 0.1) is 0 Å². The van der Waals surface area contributed by atoms with Gasteiger partial charge in [-0.3, -0.25) is 9.78 Å². The number of pyridine rings is 1. The first-order valence-corrected chi connectivity index (χ1v) is 7.63. The van der Waals surface area contributed by atoms with Gasteiger partial charge in [0.25, 0.3) is 0 Å². The molecule has 2 aromatic carbocycles. The minimum absolute atomic E-state index is 0.0531. The van der Waals surface area contributed by atoms with Crippen molar-refractivity contribution in [1.29, 1.82) is 0 Å². The molecule has 1 heterocycles. The number of halogens is 3. The average Bonchev–Trinajstić information content (AvgIpc) is 2.59. The molecule has 128 valence electrons. The van der Waals surface area contributed by atoms with E-state index in [1.807, 2.05) is 0 Å². The number of benzene rings is 2. The quantitative estimate of drug-likeness (QED) is 0.729. The van der Waals surface area contributed by atoms with Gasteiger partial charge >= 0.3 is 12.1 Å². The maximum Gasteiger partial charge on any atom is 0.417 e. The number of nitrogens with zero attached hydrogens (tertiary/aromatic N) is 1. The zero-order chi connectivity index (χ0) is 18.0. The average molecular weight is 345 g/mol. The highest BCUT2D eigenvalue weighted by atomic mass is 19.4. The van der Waals surface area contributed by atoms with Crippen molar-refractivity contribution in [2.75, 3.05) is 0 Å².